The molecule has 1 saturated heterocycles. The fraction of sp³-hybridized carbons (Fsp3) is 0.706. The normalized spacial score (nSPS) is 22.2. The Morgan fingerprint density at radius 1 is 1.12 bits per heavy atom. The number of carbonyl (C=O) groups is 5. The van der Waals surface area contributed by atoms with Crippen molar-refractivity contribution in [2.24, 2.45) is 17.8 Å². The van der Waals surface area contributed by atoms with Crippen molar-refractivity contribution in [2.75, 3.05) is 19.7 Å². The van der Waals surface area contributed by atoms with Crippen molar-refractivity contribution in [3.8, 4) is 0 Å². The number of carbonyl (C=O) groups excluding carboxylic acids is 5. The largest absolute Gasteiger partial charge is 0.454 e. The van der Waals surface area contributed by atoms with E-state index in [-0.39, 0.29) is 29.6 Å². The predicted octanol–water partition coefficient (Wildman–Crippen LogP) is 0.187. The number of fused-ring (bicyclic) bond motifs is 1. The molecule has 5 amide bonds. The van der Waals surface area contributed by atoms with Crippen molar-refractivity contribution in [1.82, 2.24) is 15.5 Å². The molecule has 2 fully saturated rings. The summed E-state index contributed by atoms with van der Waals surface area (Å²) in [5, 5.41) is 4.52. The first-order valence-electron chi connectivity index (χ1n) is 8.88. The number of rotatable bonds is 6. The van der Waals surface area contributed by atoms with Crippen LogP contribution in [0.4, 0.5) is 4.79 Å². The summed E-state index contributed by atoms with van der Waals surface area (Å²) in [5.74, 6) is -2.76. The van der Waals surface area contributed by atoms with Crippen LogP contribution in [0.3, 0.4) is 0 Å². The van der Waals surface area contributed by atoms with Crippen LogP contribution in [0.2, 0.25) is 0 Å². The van der Waals surface area contributed by atoms with Crippen LogP contribution in [0.25, 0.3) is 0 Å². The fourth-order valence-corrected chi connectivity index (χ4v) is 3.21. The highest BCUT2D eigenvalue weighted by Gasteiger charge is 2.48. The highest BCUT2D eigenvalue weighted by molar-refractivity contribution is 6.07. The molecule has 9 heteroatoms. The topological polar surface area (TPSA) is 122 Å². The summed E-state index contributed by atoms with van der Waals surface area (Å²) in [6.07, 6.45) is 3.12. The van der Waals surface area contributed by atoms with Gasteiger partial charge in [0.1, 0.15) is 6.54 Å². The third-order valence-corrected chi connectivity index (χ3v) is 4.51. The summed E-state index contributed by atoms with van der Waals surface area (Å²) < 4.78 is 4.77. The van der Waals surface area contributed by atoms with Gasteiger partial charge in [0.05, 0.1) is 11.8 Å². The number of amides is 5. The zero-order valence-corrected chi connectivity index (χ0v) is 15.1. The first kappa shape index (κ1) is 19.9. The van der Waals surface area contributed by atoms with Gasteiger partial charge in [0.2, 0.25) is 11.8 Å². The van der Waals surface area contributed by atoms with E-state index in [9.17, 15) is 24.0 Å². The highest BCUT2D eigenvalue weighted by Crippen LogP contribution is 2.37. The fourth-order valence-electron chi connectivity index (χ4n) is 3.21. The molecule has 1 aliphatic heterocycles. The summed E-state index contributed by atoms with van der Waals surface area (Å²) in [6, 6.07) is -0.672. The average molecular weight is 367 g/mol. The van der Waals surface area contributed by atoms with E-state index in [1.165, 1.54) is 0 Å². The molecule has 2 atom stereocenters. The van der Waals surface area contributed by atoms with Crippen LogP contribution in [0.1, 0.15) is 39.5 Å². The maximum Gasteiger partial charge on any atom is 0.326 e. The number of esters is 1. The first-order valence-corrected chi connectivity index (χ1v) is 8.88. The van der Waals surface area contributed by atoms with Crippen LogP contribution in [-0.2, 0) is 23.9 Å². The van der Waals surface area contributed by atoms with Gasteiger partial charge < -0.3 is 10.1 Å². The number of hydrogen-bond acceptors (Lipinski definition) is 6. The SMILES string of the molecule is CC(C)CNC(=O)NC(=O)COC(=O)CN1C(=O)[C@H]2CCCC[C@@H]2C1=O. The van der Waals surface area contributed by atoms with Gasteiger partial charge in [0, 0.05) is 6.54 Å². The number of ether oxygens (including phenoxy) is 1. The quantitative estimate of drug-likeness (QED) is 0.510. The summed E-state index contributed by atoms with van der Waals surface area (Å²) in [5.41, 5.74) is 0. The second-order valence-electron chi connectivity index (χ2n) is 7.07. The molecule has 2 rings (SSSR count). The number of hydrogen-bond donors (Lipinski definition) is 2. The second-order valence-corrected chi connectivity index (χ2v) is 7.07. The van der Waals surface area contributed by atoms with Crippen LogP contribution in [-0.4, -0.2) is 54.3 Å². The summed E-state index contributed by atoms with van der Waals surface area (Å²) in [4.78, 5) is 60.3. The molecule has 0 unspecified atom stereocenters. The number of likely N-dealkylation sites (tertiary alicyclic amines) is 1. The van der Waals surface area contributed by atoms with Crippen molar-refractivity contribution in [3.05, 3.63) is 0 Å². The van der Waals surface area contributed by atoms with Gasteiger partial charge >= 0.3 is 12.0 Å². The highest BCUT2D eigenvalue weighted by atomic mass is 16.5. The van der Waals surface area contributed by atoms with Gasteiger partial charge in [-0.1, -0.05) is 26.7 Å². The minimum Gasteiger partial charge on any atom is -0.454 e. The van der Waals surface area contributed by atoms with E-state index in [2.05, 4.69) is 5.32 Å². The number of urea groups is 1. The van der Waals surface area contributed by atoms with Crippen molar-refractivity contribution in [1.29, 1.82) is 0 Å². The summed E-state index contributed by atoms with van der Waals surface area (Å²) in [7, 11) is 0. The van der Waals surface area contributed by atoms with Gasteiger partial charge in [-0.05, 0) is 18.8 Å². The molecule has 2 N–H and O–H groups in total. The van der Waals surface area contributed by atoms with E-state index in [1.807, 2.05) is 19.2 Å². The van der Waals surface area contributed by atoms with Crippen LogP contribution < -0.4 is 10.6 Å². The van der Waals surface area contributed by atoms with Gasteiger partial charge in [0.15, 0.2) is 6.61 Å². The minimum absolute atomic E-state index is 0.230. The molecule has 0 spiro atoms. The molecule has 0 bridgehead atoms. The monoisotopic (exact) mass is 367 g/mol. The smallest absolute Gasteiger partial charge is 0.326 e. The van der Waals surface area contributed by atoms with E-state index in [0.717, 1.165) is 17.7 Å². The first-order chi connectivity index (χ1) is 12.3. The Hall–Kier alpha value is -2.45. The Morgan fingerprint density at radius 2 is 1.69 bits per heavy atom. The predicted molar refractivity (Wildman–Crippen MR) is 89.5 cm³/mol. The molecule has 0 aromatic rings. The zero-order valence-electron chi connectivity index (χ0n) is 15.1. The van der Waals surface area contributed by atoms with Gasteiger partial charge in [-0.2, -0.15) is 0 Å². The van der Waals surface area contributed by atoms with E-state index in [0.29, 0.717) is 19.4 Å². The van der Waals surface area contributed by atoms with Crippen molar-refractivity contribution >= 4 is 29.7 Å². The average Bonchev–Trinajstić information content (AvgIpc) is 2.83. The van der Waals surface area contributed by atoms with Gasteiger partial charge in [-0.15, -0.1) is 0 Å². The molecular weight excluding hydrogens is 342 g/mol. The van der Waals surface area contributed by atoms with Gasteiger partial charge in [-0.3, -0.25) is 29.4 Å². The lowest BCUT2D eigenvalue weighted by Crippen LogP contribution is -2.43. The van der Waals surface area contributed by atoms with Crippen molar-refractivity contribution in [2.45, 2.75) is 39.5 Å². The van der Waals surface area contributed by atoms with Crippen LogP contribution in [0.15, 0.2) is 0 Å². The summed E-state index contributed by atoms with van der Waals surface area (Å²) in [6.45, 7) is 3.05. The lowest BCUT2D eigenvalue weighted by molar-refractivity contribution is -0.154. The Labute approximate surface area is 151 Å². The Balaban J connectivity index is 1.75. The zero-order chi connectivity index (χ0) is 19.3. The Kier molecular flexibility index (Phi) is 6.70. The maximum atomic E-state index is 12.3. The Bertz CT molecular complexity index is 579. The standard InChI is InChI=1S/C17H25N3O6/c1-10(2)7-18-17(25)19-13(21)9-26-14(22)8-20-15(23)11-5-3-4-6-12(11)16(20)24/h10-12H,3-9H2,1-2H3,(H2,18,19,21,25)/t11-,12-/m0/s1. The minimum atomic E-state index is -0.858. The number of nitrogens with zero attached hydrogens (tertiary/aromatic N) is 1. The lowest BCUT2D eigenvalue weighted by Gasteiger charge is -2.19. The molecule has 0 aromatic heterocycles. The molecular formula is C17H25N3O6. The summed E-state index contributed by atoms with van der Waals surface area (Å²) >= 11 is 0. The molecule has 144 valence electrons. The molecule has 26 heavy (non-hydrogen) atoms. The van der Waals surface area contributed by atoms with Crippen molar-refractivity contribution < 1.29 is 28.7 Å². The third-order valence-electron chi connectivity index (χ3n) is 4.51. The van der Waals surface area contributed by atoms with Crippen LogP contribution in [0, 0.1) is 17.8 Å². The van der Waals surface area contributed by atoms with E-state index < -0.39 is 31.1 Å². The molecule has 0 radical (unpaired) electrons. The van der Waals surface area contributed by atoms with E-state index in [4.69, 9.17) is 4.74 Å². The van der Waals surface area contributed by atoms with Crippen LogP contribution in [0.5, 0.6) is 0 Å². The van der Waals surface area contributed by atoms with Crippen LogP contribution >= 0.6 is 0 Å². The third kappa shape index (κ3) is 5.03. The van der Waals surface area contributed by atoms with E-state index >= 15 is 0 Å². The molecule has 9 nitrogen and oxygen atoms in total. The number of imide groups is 2. The lowest BCUT2D eigenvalue weighted by atomic mass is 9.81. The molecule has 1 aliphatic carbocycles. The molecule has 1 heterocycles. The van der Waals surface area contributed by atoms with Crippen molar-refractivity contribution in [3.63, 3.8) is 0 Å². The van der Waals surface area contributed by atoms with E-state index in [1.54, 1.807) is 0 Å². The number of nitrogens with one attached hydrogen (secondary N) is 2. The van der Waals surface area contributed by atoms with Gasteiger partial charge in [-0.25, -0.2) is 4.79 Å². The Morgan fingerprint density at radius 3 is 2.23 bits per heavy atom. The molecule has 1 saturated carbocycles. The maximum absolute atomic E-state index is 12.3. The van der Waals surface area contributed by atoms with Gasteiger partial charge in [0.25, 0.3) is 5.91 Å². The molecule has 0 aromatic carbocycles. The second kappa shape index (κ2) is 8.77. The molecule has 2 aliphatic rings.